The van der Waals surface area contributed by atoms with E-state index in [1.54, 1.807) is 6.07 Å². The summed E-state index contributed by atoms with van der Waals surface area (Å²) in [6.07, 6.45) is 1.30. The zero-order chi connectivity index (χ0) is 34.7. The van der Waals surface area contributed by atoms with E-state index in [-0.39, 0.29) is 11.9 Å². The van der Waals surface area contributed by atoms with Gasteiger partial charge < -0.3 is 10.2 Å². The highest BCUT2D eigenvalue weighted by atomic mass is 19.4. The van der Waals surface area contributed by atoms with Crippen LogP contribution in [0, 0.1) is 0 Å². The molecule has 4 aromatic carbocycles. The van der Waals surface area contributed by atoms with Crippen molar-refractivity contribution in [2.24, 2.45) is 0 Å². The molecule has 7 rings (SSSR count). The molecule has 0 saturated carbocycles. The average Bonchev–Trinajstić information content (AvgIpc) is 3.15. The third kappa shape index (κ3) is 7.47. The first kappa shape index (κ1) is 33.9. The Morgan fingerprint density at radius 3 is 2.18 bits per heavy atom. The maximum atomic E-state index is 14.7. The molecule has 1 aromatic heterocycles. The molecule has 1 N–H and O–H groups in total. The number of amides is 1. The van der Waals surface area contributed by atoms with Crippen LogP contribution < -0.4 is 5.32 Å². The summed E-state index contributed by atoms with van der Waals surface area (Å²) in [7, 11) is 0. The zero-order valence-corrected chi connectivity index (χ0v) is 28.4. The summed E-state index contributed by atoms with van der Waals surface area (Å²) >= 11 is 0. The lowest BCUT2D eigenvalue weighted by molar-refractivity contribution is -0.137. The molecule has 0 radical (unpaired) electrons. The van der Waals surface area contributed by atoms with Crippen molar-refractivity contribution >= 4 is 16.8 Å². The number of carbonyl (C=O) groups is 1. The summed E-state index contributed by atoms with van der Waals surface area (Å²) in [6.45, 7) is 6.32. The van der Waals surface area contributed by atoms with Crippen LogP contribution in [0.3, 0.4) is 0 Å². The van der Waals surface area contributed by atoms with Gasteiger partial charge in [0.25, 0.3) is 5.91 Å². The van der Waals surface area contributed by atoms with E-state index in [2.05, 4.69) is 15.1 Å². The third-order valence-corrected chi connectivity index (χ3v) is 10.4. The van der Waals surface area contributed by atoms with Crippen molar-refractivity contribution in [1.29, 1.82) is 0 Å². The normalized spacial score (nSPS) is 17.1. The summed E-state index contributed by atoms with van der Waals surface area (Å²) in [5.41, 5.74) is 4.58. The lowest BCUT2D eigenvalue weighted by Gasteiger charge is -2.40. The van der Waals surface area contributed by atoms with Crippen LogP contribution >= 0.6 is 0 Å². The standard InChI is InChI=1S/C42H43F3N4O/c1-29(30-12-5-2-6-13-30)46-41(50)39-36-27-32(31-14-7-3-8-15-31)18-19-38(36)47-40(33-16-11-17-34(26-33)42(43,44)45)37(39)28-48-24-20-35(21-25-48)49-22-9-4-10-23-49/h2-3,5-8,11-19,26-27,29,35H,4,9-10,20-25,28H2,1H3,(H,46,50)/t29-/m0/s1. The van der Waals surface area contributed by atoms with E-state index < -0.39 is 11.7 Å². The zero-order valence-electron chi connectivity index (χ0n) is 28.4. The first-order chi connectivity index (χ1) is 24.2. The number of nitrogens with one attached hydrogen (secondary N) is 1. The first-order valence-corrected chi connectivity index (χ1v) is 17.8. The number of likely N-dealkylation sites (tertiary alicyclic amines) is 2. The Morgan fingerprint density at radius 1 is 0.800 bits per heavy atom. The Hall–Kier alpha value is -4.53. The van der Waals surface area contributed by atoms with Gasteiger partial charge in [-0.25, -0.2) is 4.98 Å². The van der Waals surface area contributed by atoms with Crippen molar-refractivity contribution in [1.82, 2.24) is 20.1 Å². The lowest BCUT2D eigenvalue weighted by atomic mass is 9.92. The molecule has 50 heavy (non-hydrogen) atoms. The highest BCUT2D eigenvalue weighted by molar-refractivity contribution is 6.10. The van der Waals surface area contributed by atoms with Crippen LogP contribution in [-0.2, 0) is 12.7 Å². The highest BCUT2D eigenvalue weighted by Gasteiger charge is 2.32. The number of hydrogen-bond acceptors (Lipinski definition) is 4. The second-order valence-electron chi connectivity index (χ2n) is 13.7. The lowest BCUT2D eigenvalue weighted by Crippen LogP contribution is -2.46. The summed E-state index contributed by atoms with van der Waals surface area (Å²) < 4.78 is 42.1. The first-order valence-electron chi connectivity index (χ1n) is 17.8. The number of pyridine rings is 1. The topological polar surface area (TPSA) is 48.5 Å². The largest absolute Gasteiger partial charge is 0.416 e. The van der Waals surface area contributed by atoms with E-state index in [4.69, 9.17) is 4.98 Å². The summed E-state index contributed by atoms with van der Waals surface area (Å²) in [6, 6.07) is 31.1. The SMILES string of the molecule is C[C@H](NC(=O)c1c(CN2CCC(N3CCCCC3)CC2)c(-c2cccc(C(F)(F)F)c2)nc2ccc(-c3ccccc3)cc12)c1ccccc1. The molecule has 3 heterocycles. The molecule has 0 aliphatic carbocycles. The Kier molecular flexibility index (Phi) is 10.0. The van der Waals surface area contributed by atoms with Crippen molar-refractivity contribution in [2.45, 2.75) is 63.8 Å². The number of nitrogens with zero attached hydrogens (tertiary/aromatic N) is 3. The van der Waals surface area contributed by atoms with Gasteiger partial charge in [-0.3, -0.25) is 9.69 Å². The Labute approximate surface area is 292 Å². The van der Waals surface area contributed by atoms with Gasteiger partial charge in [0.2, 0.25) is 0 Å². The van der Waals surface area contributed by atoms with Crippen LogP contribution in [0.15, 0.2) is 103 Å². The van der Waals surface area contributed by atoms with Crippen LogP contribution in [-0.4, -0.2) is 52.9 Å². The summed E-state index contributed by atoms with van der Waals surface area (Å²) in [4.78, 5) is 24.7. The predicted molar refractivity (Wildman–Crippen MR) is 194 cm³/mol. The molecule has 0 bridgehead atoms. The Balaban J connectivity index is 1.36. The number of aromatic nitrogens is 1. The molecule has 5 aromatic rings. The third-order valence-electron chi connectivity index (χ3n) is 10.4. The van der Waals surface area contributed by atoms with Crippen molar-refractivity contribution in [2.75, 3.05) is 26.2 Å². The number of carbonyl (C=O) groups excluding carboxylic acids is 1. The van der Waals surface area contributed by atoms with E-state index in [0.29, 0.717) is 45.9 Å². The number of rotatable bonds is 8. The van der Waals surface area contributed by atoms with Gasteiger partial charge in [-0.2, -0.15) is 13.2 Å². The maximum Gasteiger partial charge on any atom is 0.416 e. The number of hydrogen-bond donors (Lipinski definition) is 1. The number of halogens is 3. The van der Waals surface area contributed by atoms with Gasteiger partial charge in [0.15, 0.2) is 0 Å². The molecular formula is C42H43F3N4O. The average molecular weight is 677 g/mol. The fourth-order valence-corrected chi connectivity index (χ4v) is 7.65. The minimum Gasteiger partial charge on any atom is -0.345 e. The van der Waals surface area contributed by atoms with Crippen LogP contribution in [0.5, 0.6) is 0 Å². The van der Waals surface area contributed by atoms with Gasteiger partial charge >= 0.3 is 6.18 Å². The van der Waals surface area contributed by atoms with Crippen molar-refractivity contribution < 1.29 is 18.0 Å². The maximum absolute atomic E-state index is 14.7. The highest BCUT2D eigenvalue weighted by Crippen LogP contribution is 2.37. The monoisotopic (exact) mass is 676 g/mol. The molecule has 2 fully saturated rings. The smallest absolute Gasteiger partial charge is 0.345 e. The summed E-state index contributed by atoms with van der Waals surface area (Å²) in [5, 5.41) is 3.91. The van der Waals surface area contributed by atoms with Crippen LogP contribution in [0.4, 0.5) is 13.2 Å². The Bertz CT molecular complexity index is 1930. The minimum absolute atomic E-state index is 0.273. The van der Waals surface area contributed by atoms with Crippen LogP contribution in [0.25, 0.3) is 33.3 Å². The van der Waals surface area contributed by atoms with E-state index in [9.17, 15) is 18.0 Å². The quantitative estimate of drug-likeness (QED) is 0.178. The van der Waals surface area contributed by atoms with Gasteiger partial charge in [0, 0.05) is 29.1 Å². The van der Waals surface area contributed by atoms with E-state index >= 15 is 0 Å². The van der Waals surface area contributed by atoms with Gasteiger partial charge in [-0.05, 0) is 99.7 Å². The molecule has 2 aliphatic rings. The molecular weight excluding hydrogens is 633 g/mol. The van der Waals surface area contributed by atoms with Crippen molar-refractivity contribution in [3.05, 3.63) is 125 Å². The number of alkyl halides is 3. The second kappa shape index (κ2) is 14.8. The molecule has 5 nitrogen and oxygen atoms in total. The fraction of sp³-hybridized carbons (Fsp3) is 0.333. The van der Waals surface area contributed by atoms with Gasteiger partial charge in [0.05, 0.1) is 28.4 Å². The molecule has 1 amide bonds. The van der Waals surface area contributed by atoms with Crippen molar-refractivity contribution in [3.63, 3.8) is 0 Å². The molecule has 0 unspecified atom stereocenters. The molecule has 0 spiro atoms. The number of fused-ring (bicyclic) bond motifs is 1. The predicted octanol–water partition coefficient (Wildman–Crippen LogP) is 9.53. The van der Waals surface area contributed by atoms with Gasteiger partial charge in [0.1, 0.15) is 0 Å². The van der Waals surface area contributed by atoms with Crippen molar-refractivity contribution in [3.8, 4) is 22.4 Å². The second-order valence-corrected chi connectivity index (χ2v) is 13.7. The molecule has 258 valence electrons. The van der Waals surface area contributed by atoms with E-state index in [0.717, 1.165) is 67.8 Å². The number of piperidine rings is 2. The van der Waals surface area contributed by atoms with Gasteiger partial charge in [-0.1, -0.05) is 85.3 Å². The van der Waals surface area contributed by atoms with Crippen LogP contribution in [0.1, 0.15) is 72.1 Å². The number of benzene rings is 4. The molecule has 8 heteroatoms. The minimum atomic E-state index is -4.51. The summed E-state index contributed by atoms with van der Waals surface area (Å²) in [5.74, 6) is -0.273. The van der Waals surface area contributed by atoms with E-state index in [1.165, 1.54) is 25.3 Å². The molecule has 1 atom stereocenters. The van der Waals surface area contributed by atoms with Gasteiger partial charge in [-0.15, -0.1) is 0 Å². The fourth-order valence-electron chi connectivity index (χ4n) is 7.65. The molecule has 2 saturated heterocycles. The van der Waals surface area contributed by atoms with Crippen LogP contribution in [0.2, 0.25) is 0 Å². The Morgan fingerprint density at radius 2 is 1.48 bits per heavy atom. The molecule has 2 aliphatic heterocycles. The van der Waals surface area contributed by atoms with E-state index in [1.807, 2.05) is 85.8 Å².